The summed E-state index contributed by atoms with van der Waals surface area (Å²) in [5.41, 5.74) is 0. The van der Waals surface area contributed by atoms with Gasteiger partial charge in [0.05, 0.1) is 12.7 Å². The van der Waals surface area contributed by atoms with E-state index in [4.69, 9.17) is 8.85 Å². The molecule has 0 saturated carbocycles. The fourth-order valence-corrected chi connectivity index (χ4v) is 11.9. The Labute approximate surface area is 156 Å². The Hall–Kier alpha value is -0.476. The number of aliphatic hydroxyl groups is 1. The number of ether oxygens (including phenoxy) is 1. The van der Waals surface area contributed by atoms with Gasteiger partial charge in [0.15, 0.2) is 16.6 Å². The first-order valence-electron chi connectivity index (χ1n) is 9.36. The maximum absolute atomic E-state index is 11.4. The van der Waals surface area contributed by atoms with Crippen LogP contribution >= 0.6 is 0 Å². The fraction of sp³-hybridized carbons (Fsp3) is 0.833. The van der Waals surface area contributed by atoms with E-state index < -0.39 is 22.7 Å². The number of carbonyl (C=O) groups excluding carboxylic acids is 1. The number of carbonyl (C=O) groups is 1. The van der Waals surface area contributed by atoms with Gasteiger partial charge in [0, 0.05) is 20.2 Å². The molecule has 1 amide bonds. The number of likely N-dealkylation sites (N-methyl/N-ethyl adjacent to an activating group) is 1. The minimum Gasteiger partial charge on any atom is -0.455 e. The van der Waals surface area contributed by atoms with E-state index in [-0.39, 0.29) is 19.1 Å². The lowest BCUT2D eigenvalue weighted by Gasteiger charge is -2.34. The number of hydrogen-bond donors (Lipinski definition) is 1. The van der Waals surface area contributed by atoms with E-state index in [1.54, 1.807) is 7.05 Å². The predicted octanol–water partition coefficient (Wildman–Crippen LogP) is 3.63. The average Bonchev–Trinajstić information content (AvgIpc) is 2.50. The van der Waals surface area contributed by atoms with Crippen LogP contribution in [0.1, 0.15) is 26.2 Å². The molecule has 0 aromatic rings. The molecule has 0 aromatic carbocycles. The van der Waals surface area contributed by atoms with E-state index in [0.717, 1.165) is 12.5 Å². The van der Waals surface area contributed by atoms with E-state index >= 15 is 0 Å². The van der Waals surface area contributed by atoms with Crippen LogP contribution in [0.15, 0.2) is 12.7 Å². The second-order valence-corrected chi connectivity index (χ2v) is 16.8. The number of unbranched alkanes of at least 4 members (excludes halogenated alkanes) is 1. The molecule has 0 bridgehead atoms. The minimum atomic E-state index is -1.66. The molecule has 7 heteroatoms. The number of amides is 1. The van der Waals surface area contributed by atoms with Gasteiger partial charge in [0.2, 0.25) is 5.91 Å². The molecule has 148 valence electrons. The van der Waals surface area contributed by atoms with Crippen LogP contribution in [0.5, 0.6) is 0 Å². The Bertz CT molecular complexity index is 403. The van der Waals surface area contributed by atoms with Crippen molar-refractivity contribution in [1.29, 1.82) is 0 Å². The predicted molar refractivity (Wildman–Crippen MR) is 110 cm³/mol. The van der Waals surface area contributed by atoms with Crippen LogP contribution in [0.4, 0.5) is 0 Å². The van der Waals surface area contributed by atoms with Crippen LogP contribution in [-0.4, -0.2) is 65.5 Å². The van der Waals surface area contributed by atoms with Crippen molar-refractivity contribution in [2.24, 2.45) is 0 Å². The van der Waals surface area contributed by atoms with Gasteiger partial charge < -0.3 is 18.9 Å². The molecule has 0 spiro atoms. The van der Waals surface area contributed by atoms with Gasteiger partial charge in [-0.3, -0.25) is 4.79 Å². The van der Waals surface area contributed by atoms with Crippen molar-refractivity contribution >= 4 is 22.5 Å². The third kappa shape index (κ3) is 12.5. The topological polar surface area (TPSA) is 59.0 Å². The lowest BCUT2D eigenvalue weighted by Crippen LogP contribution is -2.44. The van der Waals surface area contributed by atoms with Crippen LogP contribution in [-0.2, 0) is 13.6 Å². The molecule has 0 saturated heterocycles. The largest absolute Gasteiger partial charge is 0.455 e. The molecular formula is C18H39NO4Si2. The summed E-state index contributed by atoms with van der Waals surface area (Å²) in [6, 6.07) is 2.31. The van der Waals surface area contributed by atoms with Gasteiger partial charge in [-0.15, -0.1) is 0 Å². The minimum absolute atomic E-state index is 0.196. The van der Waals surface area contributed by atoms with E-state index in [1.807, 2.05) is 0 Å². The number of rotatable bonds is 14. The van der Waals surface area contributed by atoms with Crippen LogP contribution in [0.2, 0.25) is 38.3 Å². The third-order valence-electron chi connectivity index (χ3n) is 4.10. The summed E-state index contributed by atoms with van der Waals surface area (Å²) < 4.78 is 12.1. The lowest BCUT2D eigenvalue weighted by atomic mass is 10.3. The van der Waals surface area contributed by atoms with Gasteiger partial charge >= 0.3 is 0 Å². The van der Waals surface area contributed by atoms with Gasteiger partial charge in [-0.05, 0) is 50.8 Å². The van der Waals surface area contributed by atoms with Crippen molar-refractivity contribution in [3.8, 4) is 0 Å². The fourth-order valence-electron chi connectivity index (χ4n) is 2.89. The highest BCUT2D eigenvalue weighted by molar-refractivity contribution is 6.84. The Morgan fingerprint density at radius 2 is 1.76 bits per heavy atom. The maximum atomic E-state index is 11.4. The lowest BCUT2D eigenvalue weighted by molar-refractivity contribution is -0.126. The molecule has 0 fully saturated rings. The molecule has 1 N–H and O–H groups in total. The quantitative estimate of drug-likeness (QED) is 0.280. The standard InChI is InChI=1S/C18H39NO4Si2/c1-8-10-13-24(4,5)23-25(6,7)14-11-12-22-16-17(20)15-19(3)18(21)9-2/h9,17,20H,2,8,10-16H2,1,3-7H3. The Morgan fingerprint density at radius 3 is 2.28 bits per heavy atom. The van der Waals surface area contributed by atoms with Crippen molar-refractivity contribution in [3.63, 3.8) is 0 Å². The SMILES string of the molecule is C=CC(=O)N(C)CC(O)COCCC[Si](C)(C)O[Si](C)(C)CCCC. The zero-order chi connectivity index (χ0) is 19.5. The van der Waals surface area contributed by atoms with Crippen molar-refractivity contribution in [2.75, 3.05) is 26.8 Å². The number of hydrogen-bond acceptors (Lipinski definition) is 4. The van der Waals surface area contributed by atoms with E-state index in [2.05, 4.69) is 39.7 Å². The number of aliphatic hydroxyl groups excluding tert-OH is 1. The first kappa shape index (κ1) is 24.5. The molecule has 5 nitrogen and oxygen atoms in total. The molecule has 0 aliphatic carbocycles. The van der Waals surface area contributed by atoms with E-state index in [0.29, 0.717) is 6.61 Å². The molecule has 0 aliphatic rings. The van der Waals surface area contributed by atoms with E-state index in [1.165, 1.54) is 29.9 Å². The van der Waals surface area contributed by atoms with Crippen LogP contribution in [0.25, 0.3) is 0 Å². The second kappa shape index (κ2) is 12.0. The van der Waals surface area contributed by atoms with Crippen molar-refractivity contribution in [2.45, 2.75) is 70.6 Å². The summed E-state index contributed by atoms with van der Waals surface area (Å²) in [5.74, 6) is -0.196. The molecule has 1 unspecified atom stereocenters. The number of nitrogens with zero attached hydrogens (tertiary/aromatic N) is 1. The molecular weight excluding hydrogens is 350 g/mol. The summed E-state index contributed by atoms with van der Waals surface area (Å²) in [6.07, 6.45) is 4.01. The third-order valence-corrected chi connectivity index (χ3v) is 11.6. The molecule has 0 rings (SSSR count). The van der Waals surface area contributed by atoms with Crippen molar-refractivity contribution in [1.82, 2.24) is 4.90 Å². The van der Waals surface area contributed by atoms with E-state index in [9.17, 15) is 9.90 Å². The van der Waals surface area contributed by atoms with Gasteiger partial charge in [-0.25, -0.2) is 0 Å². The van der Waals surface area contributed by atoms with Crippen LogP contribution in [0, 0.1) is 0 Å². The molecule has 0 heterocycles. The maximum Gasteiger partial charge on any atom is 0.245 e. The summed E-state index contributed by atoms with van der Waals surface area (Å²) in [4.78, 5) is 12.8. The highest BCUT2D eigenvalue weighted by Crippen LogP contribution is 2.24. The summed E-state index contributed by atoms with van der Waals surface area (Å²) in [7, 11) is -1.56. The summed E-state index contributed by atoms with van der Waals surface area (Å²) >= 11 is 0. The van der Waals surface area contributed by atoms with Gasteiger partial charge in [0.1, 0.15) is 0 Å². The average molecular weight is 390 g/mol. The zero-order valence-corrected chi connectivity index (χ0v) is 19.1. The molecule has 0 radical (unpaired) electrons. The smallest absolute Gasteiger partial charge is 0.245 e. The van der Waals surface area contributed by atoms with Gasteiger partial charge in [-0.2, -0.15) is 0 Å². The highest BCUT2D eigenvalue weighted by atomic mass is 28.4. The monoisotopic (exact) mass is 389 g/mol. The van der Waals surface area contributed by atoms with Crippen molar-refractivity contribution in [3.05, 3.63) is 12.7 Å². The molecule has 25 heavy (non-hydrogen) atoms. The Morgan fingerprint density at radius 1 is 1.20 bits per heavy atom. The molecule has 0 aliphatic heterocycles. The first-order chi connectivity index (χ1) is 11.5. The van der Waals surface area contributed by atoms with Crippen LogP contribution < -0.4 is 0 Å². The molecule has 1 atom stereocenters. The highest BCUT2D eigenvalue weighted by Gasteiger charge is 2.32. The second-order valence-electron chi connectivity index (χ2n) is 7.98. The Balaban J connectivity index is 3.98. The summed E-state index contributed by atoms with van der Waals surface area (Å²) in [6.45, 7) is 16.0. The first-order valence-corrected chi connectivity index (χ1v) is 15.6. The normalized spacial score (nSPS) is 13.6. The van der Waals surface area contributed by atoms with Gasteiger partial charge in [-0.1, -0.05) is 26.3 Å². The van der Waals surface area contributed by atoms with Crippen LogP contribution in [0.3, 0.4) is 0 Å². The summed E-state index contributed by atoms with van der Waals surface area (Å²) in [5, 5.41) is 9.89. The zero-order valence-electron chi connectivity index (χ0n) is 17.1. The van der Waals surface area contributed by atoms with Gasteiger partial charge in [0.25, 0.3) is 0 Å². The molecule has 0 aromatic heterocycles. The van der Waals surface area contributed by atoms with Crippen molar-refractivity contribution < 1.29 is 18.8 Å². The Kier molecular flexibility index (Phi) is 11.8.